The number of carbonyl (C=O) groups excluding carboxylic acids is 2. The van der Waals surface area contributed by atoms with Gasteiger partial charge in [-0.25, -0.2) is 0 Å². The van der Waals surface area contributed by atoms with Gasteiger partial charge in [0.2, 0.25) is 11.8 Å². The number of hydrogen-bond donors (Lipinski definition) is 2. The summed E-state index contributed by atoms with van der Waals surface area (Å²) < 4.78 is 1.84. The van der Waals surface area contributed by atoms with Crippen LogP contribution in [0, 0.1) is 0 Å². The molecular weight excluding hydrogens is 414 g/mol. The first-order chi connectivity index (χ1) is 16.2. The number of rotatable bonds is 8. The minimum atomic E-state index is -0.369. The number of para-hydroxylation sites is 1. The van der Waals surface area contributed by atoms with Gasteiger partial charge in [-0.3, -0.25) is 19.3 Å². The molecule has 33 heavy (non-hydrogen) atoms. The molecule has 2 amide bonds. The van der Waals surface area contributed by atoms with Gasteiger partial charge in [0.25, 0.3) is 0 Å². The van der Waals surface area contributed by atoms with E-state index < -0.39 is 0 Å². The SMILES string of the molecule is O=C(/C=C/c1cn(Cc2ccccc2)nc1-c1cccnc1)NCC(=O)Nc1ccccc1. The summed E-state index contributed by atoms with van der Waals surface area (Å²) in [6.45, 7) is 0.481. The third-order valence-corrected chi connectivity index (χ3v) is 4.81. The van der Waals surface area contributed by atoms with Crippen LogP contribution < -0.4 is 10.6 Å². The Morgan fingerprint density at radius 3 is 2.42 bits per heavy atom. The van der Waals surface area contributed by atoms with Crippen molar-refractivity contribution in [1.29, 1.82) is 0 Å². The topological polar surface area (TPSA) is 88.9 Å². The third kappa shape index (κ3) is 6.24. The van der Waals surface area contributed by atoms with Gasteiger partial charge in [0.05, 0.1) is 13.1 Å². The number of carbonyl (C=O) groups is 2. The Kier molecular flexibility index (Phi) is 7.02. The molecule has 0 bridgehead atoms. The summed E-state index contributed by atoms with van der Waals surface area (Å²) >= 11 is 0. The van der Waals surface area contributed by atoms with Crippen molar-refractivity contribution in [2.75, 3.05) is 11.9 Å². The molecule has 0 unspecified atom stereocenters. The van der Waals surface area contributed by atoms with Crippen molar-refractivity contribution in [2.45, 2.75) is 6.54 Å². The van der Waals surface area contributed by atoms with Gasteiger partial charge in [0.15, 0.2) is 0 Å². The summed E-state index contributed by atoms with van der Waals surface area (Å²) in [4.78, 5) is 28.5. The number of aromatic nitrogens is 3. The zero-order valence-corrected chi connectivity index (χ0v) is 17.9. The Hall–Kier alpha value is -4.52. The lowest BCUT2D eigenvalue weighted by atomic mass is 10.1. The van der Waals surface area contributed by atoms with E-state index in [-0.39, 0.29) is 18.4 Å². The molecular formula is C26H23N5O2. The van der Waals surface area contributed by atoms with Crippen molar-refractivity contribution in [1.82, 2.24) is 20.1 Å². The molecule has 2 aromatic carbocycles. The quantitative estimate of drug-likeness (QED) is 0.411. The number of pyridine rings is 1. The molecule has 4 aromatic rings. The van der Waals surface area contributed by atoms with E-state index in [1.807, 2.05) is 71.5 Å². The zero-order chi connectivity index (χ0) is 22.9. The van der Waals surface area contributed by atoms with Crippen LogP contribution >= 0.6 is 0 Å². The average Bonchev–Trinajstić information content (AvgIpc) is 3.26. The van der Waals surface area contributed by atoms with Gasteiger partial charge in [-0.05, 0) is 35.9 Å². The second kappa shape index (κ2) is 10.7. The van der Waals surface area contributed by atoms with Crippen LogP contribution in [0.1, 0.15) is 11.1 Å². The molecule has 2 heterocycles. The van der Waals surface area contributed by atoms with Gasteiger partial charge >= 0.3 is 0 Å². The molecule has 7 nitrogen and oxygen atoms in total. The minimum absolute atomic E-state index is 0.124. The fraction of sp³-hybridized carbons (Fsp3) is 0.0769. The molecule has 2 aromatic heterocycles. The maximum absolute atomic E-state index is 12.3. The van der Waals surface area contributed by atoms with Crippen molar-refractivity contribution in [3.8, 4) is 11.3 Å². The highest BCUT2D eigenvalue weighted by Crippen LogP contribution is 2.23. The lowest BCUT2D eigenvalue weighted by Gasteiger charge is -2.05. The van der Waals surface area contributed by atoms with Crippen molar-refractivity contribution in [3.63, 3.8) is 0 Å². The summed E-state index contributed by atoms with van der Waals surface area (Å²) in [5.74, 6) is -0.666. The van der Waals surface area contributed by atoms with E-state index in [0.717, 1.165) is 22.4 Å². The van der Waals surface area contributed by atoms with Crippen LogP contribution in [0.4, 0.5) is 5.69 Å². The highest BCUT2D eigenvalue weighted by atomic mass is 16.2. The van der Waals surface area contributed by atoms with E-state index in [1.54, 1.807) is 30.6 Å². The predicted molar refractivity (Wildman–Crippen MR) is 128 cm³/mol. The maximum atomic E-state index is 12.3. The van der Waals surface area contributed by atoms with Gasteiger partial charge < -0.3 is 10.6 Å². The van der Waals surface area contributed by atoms with E-state index in [4.69, 9.17) is 5.10 Å². The largest absolute Gasteiger partial charge is 0.343 e. The number of anilines is 1. The number of benzene rings is 2. The van der Waals surface area contributed by atoms with E-state index in [0.29, 0.717) is 12.2 Å². The molecule has 0 saturated heterocycles. The Morgan fingerprint density at radius 2 is 1.70 bits per heavy atom. The van der Waals surface area contributed by atoms with Crippen molar-refractivity contribution >= 4 is 23.6 Å². The summed E-state index contributed by atoms with van der Waals surface area (Å²) in [6, 6.07) is 22.9. The Labute approximate surface area is 191 Å². The van der Waals surface area contributed by atoms with Gasteiger partial charge in [-0.2, -0.15) is 5.10 Å². The molecule has 0 aliphatic heterocycles. The second-order valence-electron chi connectivity index (χ2n) is 7.32. The first-order valence-electron chi connectivity index (χ1n) is 10.5. The molecule has 0 aliphatic carbocycles. The van der Waals surface area contributed by atoms with E-state index in [2.05, 4.69) is 15.6 Å². The van der Waals surface area contributed by atoms with Gasteiger partial charge in [0.1, 0.15) is 5.69 Å². The molecule has 4 rings (SSSR count). The van der Waals surface area contributed by atoms with Crippen LogP contribution in [0.2, 0.25) is 0 Å². The number of nitrogens with one attached hydrogen (secondary N) is 2. The number of nitrogens with zero attached hydrogens (tertiary/aromatic N) is 3. The summed E-state index contributed by atoms with van der Waals surface area (Å²) in [7, 11) is 0. The van der Waals surface area contributed by atoms with Crippen molar-refractivity contribution in [2.24, 2.45) is 0 Å². The Balaban J connectivity index is 1.44. The normalized spacial score (nSPS) is 10.8. The van der Waals surface area contributed by atoms with Gasteiger partial charge in [-0.15, -0.1) is 0 Å². The molecule has 0 radical (unpaired) electrons. The maximum Gasteiger partial charge on any atom is 0.244 e. The fourth-order valence-corrected chi connectivity index (χ4v) is 3.26. The van der Waals surface area contributed by atoms with Crippen LogP contribution in [-0.4, -0.2) is 33.1 Å². The lowest BCUT2D eigenvalue weighted by Crippen LogP contribution is -2.31. The van der Waals surface area contributed by atoms with E-state index in [1.165, 1.54) is 6.08 Å². The summed E-state index contributed by atoms with van der Waals surface area (Å²) in [6.07, 6.45) is 8.43. The fourth-order valence-electron chi connectivity index (χ4n) is 3.26. The van der Waals surface area contributed by atoms with E-state index in [9.17, 15) is 9.59 Å². The molecule has 164 valence electrons. The number of hydrogen-bond acceptors (Lipinski definition) is 4. The first-order valence-corrected chi connectivity index (χ1v) is 10.5. The summed E-state index contributed by atoms with van der Waals surface area (Å²) in [5, 5.41) is 10.0. The Morgan fingerprint density at radius 1 is 0.939 bits per heavy atom. The standard InChI is InChI=1S/C26H23N5O2/c32-24(28-17-25(33)29-23-11-5-2-6-12-23)14-13-22-19-31(18-20-8-3-1-4-9-20)30-26(22)21-10-7-15-27-16-21/h1-16,19H,17-18H2,(H,28,32)(H,29,33)/b14-13+. The Bertz CT molecular complexity index is 1240. The molecule has 0 atom stereocenters. The van der Waals surface area contributed by atoms with Gasteiger partial charge in [-0.1, -0.05) is 48.5 Å². The monoisotopic (exact) mass is 437 g/mol. The molecule has 0 fully saturated rings. The van der Waals surface area contributed by atoms with Crippen LogP contribution in [0.5, 0.6) is 0 Å². The minimum Gasteiger partial charge on any atom is -0.343 e. The smallest absolute Gasteiger partial charge is 0.244 e. The van der Waals surface area contributed by atoms with Crippen molar-refractivity contribution in [3.05, 3.63) is 109 Å². The van der Waals surface area contributed by atoms with Crippen LogP contribution in [0.25, 0.3) is 17.3 Å². The zero-order valence-electron chi connectivity index (χ0n) is 17.9. The highest BCUT2D eigenvalue weighted by Gasteiger charge is 2.11. The molecule has 0 aliphatic rings. The van der Waals surface area contributed by atoms with Crippen LogP contribution in [0.15, 0.2) is 97.5 Å². The second-order valence-corrected chi connectivity index (χ2v) is 7.32. The van der Waals surface area contributed by atoms with E-state index >= 15 is 0 Å². The third-order valence-electron chi connectivity index (χ3n) is 4.81. The average molecular weight is 438 g/mol. The molecule has 2 N–H and O–H groups in total. The van der Waals surface area contributed by atoms with Crippen molar-refractivity contribution < 1.29 is 9.59 Å². The number of amides is 2. The summed E-state index contributed by atoms with van der Waals surface area (Å²) in [5.41, 5.74) is 4.16. The molecule has 7 heteroatoms. The molecule has 0 saturated carbocycles. The van der Waals surface area contributed by atoms with Crippen LogP contribution in [0.3, 0.4) is 0 Å². The lowest BCUT2D eigenvalue weighted by molar-refractivity contribution is -0.121. The first kappa shape index (κ1) is 21.7. The predicted octanol–water partition coefficient (Wildman–Crippen LogP) is 3.76. The highest BCUT2D eigenvalue weighted by molar-refractivity contribution is 5.98. The molecule has 0 spiro atoms. The van der Waals surface area contributed by atoms with Crippen LogP contribution in [-0.2, 0) is 16.1 Å². The van der Waals surface area contributed by atoms with Gasteiger partial charge in [0, 0.05) is 41.5 Å².